The maximum absolute atomic E-state index is 12.6. The Bertz CT molecular complexity index is 870. The molecule has 0 aliphatic heterocycles. The van der Waals surface area contributed by atoms with Crippen molar-refractivity contribution >= 4 is 33.3 Å². The number of nitrogens with one attached hydrogen (secondary N) is 1. The van der Waals surface area contributed by atoms with Gasteiger partial charge in [-0.2, -0.15) is 0 Å². The largest absolute Gasteiger partial charge is 0.340 e. The Morgan fingerprint density at radius 3 is 2.64 bits per heavy atom. The monoisotopic (exact) mass is 396 g/mol. The highest BCUT2D eigenvalue weighted by molar-refractivity contribution is 9.10. The molecule has 1 heterocycles. The summed E-state index contributed by atoms with van der Waals surface area (Å²) < 4.78 is 0.963. The molecule has 5 nitrogen and oxygen atoms in total. The number of aromatic nitrogens is 2. The molecule has 0 spiro atoms. The summed E-state index contributed by atoms with van der Waals surface area (Å²) >= 11 is 3.43. The maximum Gasteiger partial charge on any atom is 0.272 e. The zero-order valence-corrected chi connectivity index (χ0v) is 15.3. The normalized spacial score (nSPS) is 10.3. The van der Waals surface area contributed by atoms with Crippen LogP contribution in [0, 0.1) is 0 Å². The highest BCUT2D eigenvalue weighted by atomic mass is 79.9. The van der Waals surface area contributed by atoms with E-state index in [0.717, 1.165) is 15.7 Å². The van der Waals surface area contributed by atoms with Crippen LogP contribution < -0.4 is 5.32 Å². The first-order valence-electron chi connectivity index (χ1n) is 7.76. The molecule has 6 heteroatoms. The Kier molecular flexibility index (Phi) is 5.40. The highest BCUT2D eigenvalue weighted by Crippen LogP contribution is 2.19. The van der Waals surface area contributed by atoms with Gasteiger partial charge in [0.15, 0.2) is 0 Å². The summed E-state index contributed by atoms with van der Waals surface area (Å²) in [6, 6.07) is 19.2. The average molecular weight is 397 g/mol. The molecule has 1 amide bonds. The molecule has 25 heavy (non-hydrogen) atoms. The molecule has 2 aromatic carbocycles. The number of benzene rings is 2. The second-order valence-corrected chi connectivity index (χ2v) is 6.49. The van der Waals surface area contributed by atoms with Crippen molar-refractivity contribution in [2.24, 2.45) is 0 Å². The molecule has 0 aliphatic rings. The molecule has 3 aromatic rings. The number of halogens is 1. The number of carbonyl (C=O) groups is 1. The number of nitrogens with zero attached hydrogens (tertiary/aromatic N) is 3. The third-order valence-electron chi connectivity index (χ3n) is 3.59. The molecule has 3 rings (SSSR count). The minimum atomic E-state index is -0.149. The van der Waals surface area contributed by atoms with E-state index >= 15 is 0 Å². The molecule has 0 bridgehead atoms. The van der Waals surface area contributed by atoms with Gasteiger partial charge in [0.2, 0.25) is 0 Å². The predicted molar refractivity (Wildman–Crippen MR) is 102 cm³/mol. The van der Waals surface area contributed by atoms with Crippen molar-refractivity contribution in [3.8, 4) is 0 Å². The van der Waals surface area contributed by atoms with Gasteiger partial charge < -0.3 is 10.2 Å². The summed E-state index contributed by atoms with van der Waals surface area (Å²) in [5.41, 5.74) is 2.30. The van der Waals surface area contributed by atoms with Crippen LogP contribution in [0.15, 0.2) is 71.5 Å². The number of rotatable bonds is 5. The number of anilines is 2. The Morgan fingerprint density at radius 2 is 1.88 bits per heavy atom. The van der Waals surface area contributed by atoms with E-state index in [-0.39, 0.29) is 5.91 Å². The van der Waals surface area contributed by atoms with Crippen LogP contribution in [0.25, 0.3) is 0 Å². The first-order valence-corrected chi connectivity index (χ1v) is 8.55. The molecule has 0 aliphatic carbocycles. The highest BCUT2D eigenvalue weighted by Gasteiger charge is 2.14. The number of hydrogen-bond donors (Lipinski definition) is 1. The Labute approximate surface area is 154 Å². The van der Waals surface area contributed by atoms with Gasteiger partial charge in [0.05, 0.1) is 0 Å². The van der Waals surface area contributed by atoms with E-state index in [1.807, 2.05) is 54.6 Å². The predicted octanol–water partition coefficient (Wildman–Crippen LogP) is 4.25. The number of amides is 1. The lowest BCUT2D eigenvalue weighted by Crippen LogP contribution is -2.27. The Balaban J connectivity index is 1.73. The van der Waals surface area contributed by atoms with Crippen LogP contribution in [0.2, 0.25) is 0 Å². The van der Waals surface area contributed by atoms with E-state index in [1.165, 1.54) is 6.33 Å². The van der Waals surface area contributed by atoms with Gasteiger partial charge in [-0.15, -0.1) is 0 Å². The molecule has 0 unspecified atom stereocenters. The molecule has 0 fully saturated rings. The fourth-order valence-corrected chi connectivity index (χ4v) is 2.78. The van der Waals surface area contributed by atoms with Crippen LogP contribution in [-0.2, 0) is 6.54 Å². The van der Waals surface area contributed by atoms with E-state index in [2.05, 4.69) is 31.2 Å². The van der Waals surface area contributed by atoms with Crippen molar-refractivity contribution in [2.45, 2.75) is 6.54 Å². The van der Waals surface area contributed by atoms with Crippen LogP contribution in [0.1, 0.15) is 16.1 Å². The van der Waals surface area contributed by atoms with Crippen molar-refractivity contribution in [3.63, 3.8) is 0 Å². The topological polar surface area (TPSA) is 58.1 Å². The van der Waals surface area contributed by atoms with Crippen LogP contribution in [-0.4, -0.2) is 27.8 Å². The Morgan fingerprint density at radius 1 is 1.08 bits per heavy atom. The van der Waals surface area contributed by atoms with Gasteiger partial charge >= 0.3 is 0 Å². The molecule has 126 valence electrons. The second kappa shape index (κ2) is 7.90. The van der Waals surface area contributed by atoms with Gasteiger partial charge in [-0.1, -0.05) is 52.3 Å². The van der Waals surface area contributed by atoms with Crippen molar-refractivity contribution in [3.05, 3.63) is 82.7 Å². The van der Waals surface area contributed by atoms with Crippen molar-refractivity contribution in [1.82, 2.24) is 14.9 Å². The van der Waals surface area contributed by atoms with Crippen molar-refractivity contribution in [2.75, 3.05) is 12.4 Å². The molecular formula is C19H17BrN4O. The van der Waals surface area contributed by atoms with Crippen molar-refractivity contribution < 1.29 is 4.79 Å². The molecular weight excluding hydrogens is 380 g/mol. The minimum Gasteiger partial charge on any atom is -0.340 e. The third-order valence-corrected chi connectivity index (χ3v) is 4.09. The molecule has 1 aromatic heterocycles. The summed E-state index contributed by atoms with van der Waals surface area (Å²) in [4.78, 5) is 22.5. The zero-order chi connectivity index (χ0) is 17.6. The van der Waals surface area contributed by atoms with E-state index in [1.54, 1.807) is 18.0 Å². The maximum atomic E-state index is 12.6. The zero-order valence-electron chi connectivity index (χ0n) is 13.7. The van der Waals surface area contributed by atoms with Gasteiger partial charge in [-0.05, 0) is 23.8 Å². The summed E-state index contributed by atoms with van der Waals surface area (Å²) in [6.45, 7) is 0.526. The summed E-state index contributed by atoms with van der Waals surface area (Å²) in [6.07, 6.45) is 1.39. The van der Waals surface area contributed by atoms with Gasteiger partial charge in [-0.25, -0.2) is 9.97 Å². The fraction of sp³-hybridized carbons (Fsp3) is 0.105. The molecule has 0 saturated heterocycles. The Hall–Kier alpha value is -2.73. The molecule has 0 radical (unpaired) electrons. The summed E-state index contributed by atoms with van der Waals surface area (Å²) in [5.74, 6) is 0.424. The lowest BCUT2D eigenvalue weighted by atomic mass is 10.2. The number of carbonyl (C=O) groups excluding carboxylic acids is 1. The van der Waals surface area contributed by atoms with E-state index in [4.69, 9.17) is 0 Å². The molecule has 0 atom stereocenters. The molecule has 0 saturated carbocycles. The first kappa shape index (κ1) is 17.1. The second-order valence-electron chi connectivity index (χ2n) is 5.57. The first-order chi connectivity index (χ1) is 12.1. The van der Waals surface area contributed by atoms with Crippen LogP contribution in [0.5, 0.6) is 0 Å². The smallest absolute Gasteiger partial charge is 0.272 e. The van der Waals surface area contributed by atoms with Gasteiger partial charge in [0.1, 0.15) is 17.8 Å². The lowest BCUT2D eigenvalue weighted by Gasteiger charge is -2.17. The van der Waals surface area contributed by atoms with E-state index < -0.39 is 0 Å². The standard InChI is InChI=1S/C19H17BrN4O/c1-24(12-14-6-3-2-4-7-14)19(25)17-11-18(22-13-21-17)23-16-9-5-8-15(20)10-16/h2-11,13H,12H2,1H3,(H,21,22,23). The summed E-state index contributed by atoms with van der Waals surface area (Å²) in [7, 11) is 1.76. The number of hydrogen-bond acceptors (Lipinski definition) is 4. The third kappa shape index (κ3) is 4.64. The van der Waals surface area contributed by atoms with Crippen LogP contribution in [0.4, 0.5) is 11.5 Å². The van der Waals surface area contributed by atoms with E-state index in [9.17, 15) is 4.79 Å². The van der Waals surface area contributed by atoms with Gasteiger partial charge in [0, 0.05) is 29.8 Å². The quantitative estimate of drug-likeness (QED) is 0.699. The van der Waals surface area contributed by atoms with E-state index in [0.29, 0.717) is 18.1 Å². The van der Waals surface area contributed by atoms with Gasteiger partial charge in [-0.3, -0.25) is 4.79 Å². The fourth-order valence-electron chi connectivity index (χ4n) is 2.38. The molecule has 1 N–H and O–H groups in total. The minimum absolute atomic E-state index is 0.149. The van der Waals surface area contributed by atoms with Crippen LogP contribution >= 0.6 is 15.9 Å². The van der Waals surface area contributed by atoms with Crippen molar-refractivity contribution in [1.29, 1.82) is 0 Å². The van der Waals surface area contributed by atoms with Crippen LogP contribution in [0.3, 0.4) is 0 Å². The SMILES string of the molecule is CN(Cc1ccccc1)C(=O)c1cc(Nc2cccc(Br)c2)ncn1. The average Bonchev–Trinajstić information content (AvgIpc) is 2.62. The lowest BCUT2D eigenvalue weighted by molar-refractivity contribution is 0.0779. The van der Waals surface area contributed by atoms with Gasteiger partial charge in [0.25, 0.3) is 5.91 Å². The summed E-state index contributed by atoms with van der Waals surface area (Å²) in [5, 5.41) is 3.18.